The van der Waals surface area contributed by atoms with E-state index in [-0.39, 0.29) is 17.8 Å². The van der Waals surface area contributed by atoms with Gasteiger partial charge in [-0.2, -0.15) is 0 Å². The maximum Gasteiger partial charge on any atom is 0.309 e. The lowest BCUT2D eigenvalue weighted by molar-refractivity contribution is -0.159. The van der Waals surface area contributed by atoms with Crippen LogP contribution in [0, 0.1) is 5.92 Å². The van der Waals surface area contributed by atoms with Gasteiger partial charge in [0.25, 0.3) is 5.91 Å². The molecule has 1 aliphatic carbocycles. The van der Waals surface area contributed by atoms with Crippen LogP contribution in [0.15, 0.2) is 24.3 Å². The number of carbonyl (C=O) groups is 2. The van der Waals surface area contributed by atoms with Crippen LogP contribution in [0.25, 0.3) is 0 Å². The number of amides is 1. The third kappa shape index (κ3) is 4.06. The van der Waals surface area contributed by atoms with E-state index in [9.17, 15) is 9.59 Å². The number of carbonyl (C=O) groups excluding carboxylic acids is 2. The predicted molar refractivity (Wildman–Crippen MR) is 82.1 cm³/mol. The predicted octanol–water partition coefficient (Wildman–Crippen LogP) is 3.48. The van der Waals surface area contributed by atoms with Crippen molar-refractivity contribution < 1.29 is 14.3 Å². The van der Waals surface area contributed by atoms with Crippen molar-refractivity contribution in [3.8, 4) is 0 Å². The molecular weight excluding hydrogens is 266 g/mol. The quantitative estimate of drug-likeness (QED) is 0.844. The first kappa shape index (κ1) is 15.5. The highest BCUT2D eigenvalue weighted by Gasteiger charge is 2.29. The average molecular weight is 289 g/mol. The van der Waals surface area contributed by atoms with Crippen molar-refractivity contribution in [1.29, 1.82) is 0 Å². The lowest BCUT2D eigenvalue weighted by Crippen LogP contribution is -2.34. The van der Waals surface area contributed by atoms with E-state index in [1.807, 2.05) is 24.3 Å². The number of anilines is 1. The van der Waals surface area contributed by atoms with Crippen LogP contribution in [-0.2, 0) is 14.3 Å². The van der Waals surface area contributed by atoms with Crippen molar-refractivity contribution in [2.45, 2.75) is 52.1 Å². The minimum Gasteiger partial charge on any atom is -0.452 e. The summed E-state index contributed by atoms with van der Waals surface area (Å²) < 4.78 is 5.20. The van der Waals surface area contributed by atoms with Crippen LogP contribution in [0.4, 0.5) is 5.69 Å². The van der Waals surface area contributed by atoms with Crippen molar-refractivity contribution in [2.24, 2.45) is 5.92 Å². The fourth-order valence-corrected chi connectivity index (χ4v) is 2.16. The molecule has 1 fully saturated rings. The molecule has 1 N–H and O–H groups in total. The summed E-state index contributed by atoms with van der Waals surface area (Å²) in [5, 5.41) is 2.77. The molecule has 114 valence electrons. The number of rotatable bonds is 5. The summed E-state index contributed by atoms with van der Waals surface area (Å²) in [4.78, 5) is 23.7. The Balaban J connectivity index is 1.86. The topological polar surface area (TPSA) is 55.4 Å². The molecule has 0 radical (unpaired) electrons. The smallest absolute Gasteiger partial charge is 0.309 e. The second kappa shape index (κ2) is 6.74. The summed E-state index contributed by atoms with van der Waals surface area (Å²) in [6.07, 6.45) is 2.07. The molecule has 1 aliphatic rings. The minimum absolute atomic E-state index is 0.00873. The fourth-order valence-electron chi connectivity index (χ4n) is 2.16. The summed E-state index contributed by atoms with van der Waals surface area (Å²) >= 11 is 0. The maximum absolute atomic E-state index is 12.0. The Kier molecular flexibility index (Phi) is 4.99. The molecule has 1 aromatic rings. The maximum atomic E-state index is 12.0. The van der Waals surface area contributed by atoms with E-state index in [2.05, 4.69) is 19.2 Å². The number of hydrogen-bond acceptors (Lipinski definition) is 3. The van der Waals surface area contributed by atoms with Gasteiger partial charge in [-0.05, 0) is 43.4 Å². The van der Waals surface area contributed by atoms with Crippen LogP contribution in [-0.4, -0.2) is 18.0 Å². The number of nitrogens with one attached hydrogen (secondary N) is 1. The van der Waals surface area contributed by atoms with Crippen LogP contribution in [0.3, 0.4) is 0 Å². The van der Waals surface area contributed by atoms with Crippen molar-refractivity contribution in [2.75, 3.05) is 5.32 Å². The highest BCUT2D eigenvalue weighted by molar-refractivity contribution is 5.95. The average Bonchev–Trinajstić information content (AvgIpc) is 2.36. The molecule has 0 unspecified atom stereocenters. The first-order valence-electron chi connectivity index (χ1n) is 7.58. The van der Waals surface area contributed by atoms with Gasteiger partial charge < -0.3 is 10.1 Å². The SMILES string of the molecule is CC(C)c1ccc(NC(=O)[C@H](C)OC(=O)C2CCC2)cc1. The summed E-state index contributed by atoms with van der Waals surface area (Å²) in [5.74, 6) is -0.0956. The highest BCUT2D eigenvalue weighted by Crippen LogP contribution is 2.27. The normalized spacial score (nSPS) is 16.2. The molecule has 0 saturated heterocycles. The molecule has 4 nitrogen and oxygen atoms in total. The van der Waals surface area contributed by atoms with Gasteiger partial charge in [-0.25, -0.2) is 0 Å². The zero-order valence-corrected chi connectivity index (χ0v) is 12.9. The Hall–Kier alpha value is -1.84. The molecule has 0 aromatic heterocycles. The molecular formula is C17H23NO3. The zero-order valence-electron chi connectivity index (χ0n) is 12.9. The van der Waals surface area contributed by atoms with Gasteiger partial charge >= 0.3 is 5.97 Å². The van der Waals surface area contributed by atoms with Gasteiger partial charge in [0.15, 0.2) is 6.10 Å². The Labute approximate surface area is 125 Å². The molecule has 21 heavy (non-hydrogen) atoms. The Morgan fingerprint density at radius 3 is 2.24 bits per heavy atom. The molecule has 0 spiro atoms. The first-order chi connectivity index (χ1) is 9.97. The van der Waals surface area contributed by atoms with Crippen molar-refractivity contribution in [1.82, 2.24) is 0 Å². The molecule has 0 heterocycles. The third-order valence-corrected chi connectivity index (χ3v) is 3.95. The number of hydrogen-bond donors (Lipinski definition) is 1. The molecule has 1 atom stereocenters. The van der Waals surface area contributed by atoms with Gasteiger partial charge in [0.05, 0.1) is 5.92 Å². The van der Waals surface area contributed by atoms with Gasteiger partial charge in [-0.1, -0.05) is 32.4 Å². The van der Waals surface area contributed by atoms with Crippen molar-refractivity contribution in [3.63, 3.8) is 0 Å². The third-order valence-electron chi connectivity index (χ3n) is 3.95. The van der Waals surface area contributed by atoms with Gasteiger partial charge in [0.1, 0.15) is 0 Å². The number of ether oxygens (including phenoxy) is 1. The van der Waals surface area contributed by atoms with Crippen LogP contribution >= 0.6 is 0 Å². The van der Waals surface area contributed by atoms with E-state index in [0.29, 0.717) is 5.92 Å². The van der Waals surface area contributed by atoms with Crippen molar-refractivity contribution in [3.05, 3.63) is 29.8 Å². The second-order valence-corrected chi connectivity index (χ2v) is 5.97. The monoisotopic (exact) mass is 289 g/mol. The zero-order chi connectivity index (χ0) is 15.4. The standard InChI is InChI=1S/C17H23NO3/c1-11(2)13-7-9-15(10-8-13)18-16(19)12(3)21-17(20)14-5-4-6-14/h7-12,14H,4-6H2,1-3H3,(H,18,19)/t12-/m0/s1. The van der Waals surface area contributed by atoms with Gasteiger partial charge in [0.2, 0.25) is 0 Å². The first-order valence-corrected chi connectivity index (χ1v) is 7.58. The number of benzene rings is 1. The van der Waals surface area contributed by atoms with E-state index >= 15 is 0 Å². The summed E-state index contributed by atoms with van der Waals surface area (Å²) in [7, 11) is 0. The van der Waals surface area contributed by atoms with E-state index in [1.54, 1.807) is 6.92 Å². The number of esters is 1. The minimum atomic E-state index is -0.761. The summed E-state index contributed by atoms with van der Waals surface area (Å²) in [6.45, 7) is 5.85. The molecule has 4 heteroatoms. The highest BCUT2D eigenvalue weighted by atomic mass is 16.5. The van der Waals surface area contributed by atoms with Gasteiger partial charge in [-0.15, -0.1) is 0 Å². The van der Waals surface area contributed by atoms with Crippen LogP contribution in [0.2, 0.25) is 0 Å². The van der Waals surface area contributed by atoms with E-state index in [0.717, 1.165) is 24.9 Å². The molecule has 0 bridgehead atoms. The van der Waals surface area contributed by atoms with Crippen molar-refractivity contribution >= 4 is 17.6 Å². The van der Waals surface area contributed by atoms with E-state index in [4.69, 9.17) is 4.74 Å². The summed E-state index contributed by atoms with van der Waals surface area (Å²) in [5.41, 5.74) is 1.94. The lowest BCUT2D eigenvalue weighted by Gasteiger charge is -2.24. The molecule has 1 saturated carbocycles. The second-order valence-electron chi connectivity index (χ2n) is 5.97. The fraction of sp³-hybridized carbons (Fsp3) is 0.529. The molecule has 1 amide bonds. The lowest BCUT2D eigenvalue weighted by atomic mass is 9.86. The Bertz CT molecular complexity index is 503. The largest absolute Gasteiger partial charge is 0.452 e. The Morgan fingerprint density at radius 1 is 1.14 bits per heavy atom. The molecule has 0 aliphatic heterocycles. The molecule has 2 rings (SSSR count). The summed E-state index contributed by atoms with van der Waals surface area (Å²) in [6, 6.07) is 7.72. The van der Waals surface area contributed by atoms with E-state index < -0.39 is 6.10 Å². The van der Waals surface area contributed by atoms with Crippen LogP contribution in [0.1, 0.15) is 51.5 Å². The van der Waals surface area contributed by atoms with Gasteiger partial charge in [-0.3, -0.25) is 9.59 Å². The van der Waals surface area contributed by atoms with Gasteiger partial charge in [0, 0.05) is 5.69 Å². The van der Waals surface area contributed by atoms with E-state index in [1.165, 1.54) is 5.56 Å². The Morgan fingerprint density at radius 2 is 1.76 bits per heavy atom. The van der Waals surface area contributed by atoms with Crippen LogP contribution in [0.5, 0.6) is 0 Å². The molecule has 1 aromatic carbocycles. The van der Waals surface area contributed by atoms with Crippen LogP contribution < -0.4 is 5.32 Å².